The number of hydrogen-bond donors (Lipinski definition) is 1. The molecule has 0 radical (unpaired) electrons. The summed E-state index contributed by atoms with van der Waals surface area (Å²) in [5, 5.41) is 2.90. The van der Waals surface area contributed by atoms with E-state index in [4.69, 9.17) is 4.74 Å². The van der Waals surface area contributed by atoms with Crippen molar-refractivity contribution >= 4 is 27.3 Å². The van der Waals surface area contributed by atoms with Gasteiger partial charge in [0.15, 0.2) is 6.61 Å². The zero-order valence-electron chi connectivity index (χ0n) is 20.6. The molecule has 1 fully saturated rings. The molecule has 0 aromatic heterocycles. The van der Waals surface area contributed by atoms with E-state index in [2.05, 4.69) is 22.0 Å². The summed E-state index contributed by atoms with van der Waals surface area (Å²) in [7, 11) is -3.66. The van der Waals surface area contributed by atoms with E-state index in [9.17, 15) is 13.2 Å². The maximum atomic E-state index is 13.1. The number of carbonyl (C=O) groups is 1. The standard InChI is InChI=1S/C25H36N4O4S/c1-5-27-13-15-28(16-14-27)24-12-11-22(34(31,32)29(6-2)7-3)18-23(24)26-25(30)19-33-21-10-8-9-20(4)17-21/h8-12,17-18H,5-7,13-16,19H2,1-4H3,(H,26,30). The number of nitrogens with zero attached hydrogens (tertiary/aromatic N) is 3. The minimum atomic E-state index is -3.66. The first kappa shape index (κ1) is 26.0. The Kier molecular flexibility index (Phi) is 8.93. The summed E-state index contributed by atoms with van der Waals surface area (Å²) in [4.78, 5) is 17.5. The zero-order valence-corrected chi connectivity index (χ0v) is 21.4. The number of carbonyl (C=O) groups excluding carboxylic acids is 1. The van der Waals surface area contributed by atoms with Gasteiger partial charge in [-0.2, -0.15) is 4.31 Å². The molecule has 0 atom stereocenters. The van der Waals surface area contributed by atoms with Crippen molar-refractivity contribution in [3.63, 3.8) is 0 Å². The number of amides is 1. The number of likely N-dealkylation sites (N-methyl/N-ethyl adjacent to an activating group) is 1. The number of aryl methyl sites for hydroxylation is 1. The van der Waals surface area contributed by atoms with Crippen LogP contribution in [0.5, 0.6) is 5.75 Å². The molecule has 0 saturated carbocycles. The highest BCUT2D eigenvalue weighted by atomic mass is 32.2. The second-order valence-corrected chi connectivity index (χ2v) is 10.3. The second-order valence-electron chi connectivity index (χ2n) is 8.34. The monoisotopic (exact) mass is 488 g/mol. The average molecular weight is 489 g/mol. The van der Waals surface area contributed by atoms with Crippen LogP contribution in [-0.2, 0) is 14.8 Å². The Morgan fingerprint density at radius 3 is 2.35 bits per heavy atom. The van der Waals surface area contributed by atoms with E-state index in [1.54, 1.807) is 24.3 Å². The van der Waals surface area contributed by atoms with E-state index in [-0.39, 0.29) is 17.4 Å². The Morgan fingerprint density at radius 2 is 1.74 bits per heavy atom. The topological polar surface area (TPSA) is 82.2 Å². The zero-order chi connectivity index (χ0) is 24.7. The van der Waals surface area contributed by atoms with E-state index < -0.39 is 10.0 Å². The van der Waals surface area contributed by atoms with Crippen LogP contribution in [0, 0.1) is 6.92 Å². The molecule has 0 spiro atoms. The molecule has 1 N–H and O–H groups in total. The van der Waals surface area contributed by atoms with Crippen LogP contribution in [0.25, 0.3) is 0 Å². The Labute approximate surface area is 203 Å². The third-order valence-corrected chi connectivity index (χ3v) is 8.15. The number of ether oxygens (including phenoxy) is 1. The van der Waals surface area contributed by atoms with Gasteiger partial charge in [-0.1, -0.05) is 32.9 Å². The Hall–Kier alpha value is -2.62. The predicted molar refractivity (Wildman–Crippen MR) is 136 cm³/mol. The highest BCUT2D eigenvalue weighted by Crippen LogP contribution is 2.31. The van der Waals surface area contributed by atoms with Gasteiger partial charge in [0.2, 0.25) is 10.0 Å². The fourth-order valence-electron chi connectivity index (χ4n) is 4.11. The molecular weight excluding hydrogens is 452 g/mol. The minimum absolute atomic E-state index is 0.167. The van der Waals surface area contributed by atoms with Crippen molar-refractivity contribution in [2.45, 2.75) is 32.6 Å². The molecule has 1 saturated heterocycles. The van der Waals surface area contributed by atoms with Gasteiger partial charge < -0.3 is 19.9 Å². The van der Waals surface area contributed by atoms with E-state index >= 15 is 0 Å². The lowest BCUT2D eigenvalue weighted by Gasteiger charge is -2.36. The van der Waals surface area contributed by atoms with Crippen molar-refractivity contribution in [3.8, 4) is 5.75 Å². The highest BCUT2D eigenvalue weighted by molar-refractivity contribution is 7.89. The number of sulfonamides is 1. The molecule has 186 valence electrons. The van der Waals surface area contributed by atoms with Gasteiger partial charge >= 0.3 is 0 Å². The Bertz CT molecular complexity index is 1080. The van der Waals surface area contributed by atoms with Crippen LogP contribution >= 0.6 is 0 Å². The molecule has 9 heteroatoms. The van der Waals surface area contributed by atoms with Gasteiger partial charge in [-0.3, -0.25) is 4.79 Å². The van der Waals surface area contributed by atoms with Crippen molar-refractivity contribution in [3.05, 3.63) is 48.0 Å². The van der Waals surface area contributed by atoms with Gasteiger partial charge in [0, 0.05) is 39.3 Å². The summed E-state index contributed by atoms with van der Waals surface area (Å²) in [5.74, 6) is 0.274. The fourth-order valence-corrected chi connectivity index (χ4v) is 5.59. The summed E-state index contributed by atoms with van der Waals surface area (Å²) in [6, 6.07) is 12.5. The number of anilines is 2. The van der Waals surface area contributed by atoms with Crippen molar-refractivity contribution in [1.82, 2.24) is 9.21 Å². The van der Waals surface area contributed by atoms with Crippen molar-refractivity contribution in [2.24, 2.45) is 0 Å². The summed E-state index contributed by atoms with van der Waals surface area (Å²) in [6.07, 6.45) is 0. The molecule has 1 aliphatic rings. The number of benzene rings is 2. The van der Waals surface area contributed by atoms with Gasteiger partial charge in [0.1, 0.15) is 5.75 Å². The molecule has 0 bridgehead atoms. The molecule has 1 aliphatic heterocycles. The third-order valence-electron chi connectivity index (χ3n) is 6.10. The average Bonchev–Trinajstić information content (AvgIpc) is 2.83. The molecular formula is C25H36N4O4S. The van der Waals surface area contributed by atoms with Crippen molar-refractivity contribution in [1.29, 1.82) is 0 Å². The molecule has 2 aromatic carbocycles. The van der Waals surface area contributed by atoms with Crippen LogP contribution in [-0.4, -0.2) is 76.0 Å². The first-order chi connectivity index (χ1) is 16.3. The molecule has 2 aromatic rings. The fraction of sp³-hybridized carbons (Fsp3) is 0.480. The van der Waals surface area contributed by atoms with Gasteiger partial charge in [-0.25, -0.2) is 8.42 Å². The van der Waals surface area contributed by atoms with E-state index in [0.29, 0.717) is 24.5 Å². The third kappa shape index (κ3) is 6.28. The van der Waals surface area contributed by atoms with Crippen LogP contribution in [0.4, 0.5) is 11.4 Å². The summed E-state index contributed by atoms with van der Waals surface area (Å²) >= 11 is 0. The lowest BCUT2D eigenvalue weighted by atomic mass is 10.2. The van der Waals surface area contributed by atoms with Gasteiger partial charge in [-0.15, -0.1) is 0 Å². The van der Waals surface area contributed by atoms with Crippen LogP contribution in [0.2, 0.25) is 0 Å². The normalized spacial score (nSPS) is 14.9. The highest BCUT2D eigenvalue weighted by Gasteiger charge is 2.25. The lowest BCUT2D eigenvalue weighted by Crippen LogP contribution is -2.46. The number of hydrogen-bond acceptors (Lipinski definition) is 6. The predicted octanol–water partition coefficient (Wildman–Crippen LogP) is 3.18. The van der Waals surface area contributed by atoms with Crippen molar-refractivity contribution in [2.75, 3.05) is 62.6 Å². The number of nitrogens with one attached hydrogen (secondary N) is 1. The van der Waals surface area contributed by atoms with Gasteiger partial charge in [0.25, 0.3) is 5.91 Å². The van der Waals surface area contributed by atoms with E-state index in [1.807, 2.05) is 39.0 Å². The summed E-state index contributed by atoms with van der Waals surface area (Å²) in [5.41, 5.74) is 2.34. The maximum absolute atomic E-state index is 13.1. The van der Waals surface area contributed by atoms with Crippen LogP contribution in [0.1, 0.15) is 26.3 Å². The van der Waals surface area contributed by atoms with Crippen LogP contribution < -0.4 is 15.0 Å². The lowest BCUT2D eigenvalue weighted by molar-refractivity contribution is -0.118. The second kappa shape index (κ2) is 11.7. The minimum Gasteiger partial charge on any atom is -0.484 e. The van der Waals surface area contributed by atoms with E-state index in [1.165, 1.54) is 4.31 Å². The largest absolute Gasteiger partial charge is 0.484 e. The molecule has 0 aliphatic carbocycles. The molecule has 3 rings (SSSR count). The van der Waals surface area contributed by atoms with Gasteiger partial charge in [-0.05, 0) is 49.4 Å². The molecule has 8 nitrogen and oxygen atoms in total. The summed E-state index contributed by atoms with van der Waals surface area (Å²) < 4.78 is 33.3. The smallest absolute Gasteiger partial charge is 0.262 e. The molecule has 34 heavy (non-hydrogen) atoms. The maximum Gasteiger partial charge on any atom is 0.262 e. The SMILES string of the molecule is CCN1CCN(c2ccc(S(=O)(=O)N(CC)CC)cc2NC(=O)COc2cccc(C)c2)CC1. The number of piperazine rings is 1. The molecule has 1 amide bonds. The first-order valence-electron chi connectivity index (χ1n) is 11.9. The quantitative estimate of drug-likeness (QED) is 0.553. The van der Waals surface area contributed by atoms with Gasteiger partial charge in [0.05, 0.1) is 16.3 Å². The number of rotatable bonds is 10. The van der Waals surface area contributed by atoms with Crippen LogP contribution in [0.3, 0.4) is 0 Å². The van der Waals surface area contributed by atoms with Crippen molar-refractivity contribution < 1.29 is 17.9 Å². The molecule has 0 unspecified atom stereocenters. The summed E-state index contributed by atoms with van der Waals surface area (Å²) in [6.45, 7) is 12.8. The van der Waals surface area contributed by atoms with Crippen LogP contribution in [0.15, 0.2) is 47.4 Å². The van der Waals surface area contributed by atoms with E-state index in [0.717, 1.165) is 44.0 Å². The molecule has 1 heterocycles. The Morgan fingerprint density at radius 1 is 1.03 bits per heavy atom. The Balaban J connectivity index is 1.85. The first-order valence-corrected chi connectivity index (χ1v) is 13.3.